The molecule has 0 saturated heterocycles. The fourth-order valence-corrected chi connectivity index (χ4v) is 14.2. The van der Waals surface area contributed by atoms with Gasteiger partial charge in [-0.15, -0.1) is 0 Å². The van der Waals surface area contributed by atoms with E-state index in [0.717, 1.165) is 114 Å². The van der Waals surface area contributed by atoms with E-state index in [0.29, 0.717) is 31.6 Å². The molecular weight excluding hydrogens is 1320 g/mol. The summed E-state index contributed by atoms with van der Waals surface area (Å²) in [7, 11) is -9.92. The molecule has 0 saturated carbocycles. The van der Waals surface area contributed by atoms with Crippen LogP contribution in [0.1, 0.15) is 421 Å². The van der Waals surface area contributed by atoms with Gasteiger partial charge in [-0.3, -0.25) is 37.3 Å². The first-order valence-electron chi connectivity index (χ1n) is 42.2. The first kappa shape index (κ1) is 99.1. The number of aliphatic hydroxyl groups excluding tert-OH is 1. The van der Waals surface area contributed by atoms with E-state index in [-0.39, 0.29) is 25.7 Å². The van der Waals surface area contributed by atoms with E-state index in [4.69, 9.17) is 37.0 Å². The third kappa shape index (κ3) is 74.7. The average molecular weight is 1480 g/mol. The molecule has 0 aromatic rings. The van der Waals surface area contributed by atoms with Crippen LogP contribution in [0.5, 0.6) is 0 Å². The Morgan fingerprint density at radius 3 is 0.703 bits per heavy atom. The second kappa shape index (κ2) is 71.0. The summed E-state index contributed by atoms with van der Waals surface area (Å²) < 4.78 is 68.7. The molecule has 0 radical (unpaired) electrons. The van der Waals surface area contributed by atoms with Gasteiger partial charge in [-0.25, -0.2) is 9.13 Å². The maximum atomic E-state index is 13.1. The maximum Gasteiger partial charge on any atom is 0.472 e. The van der Waals surface area contributed by atoms with Crippen LogP contribution in [-0.4, -0.2) is 96.7 Å². The summed E-state index contributed by atoms with van der Waals surface area (Å²) in [5.41, 5.74) is 0. The molecule has 0 aliphatic heterocycles. The third-order valence-electron chi connectivity index (χ3n) is 19.4. The van der Waals surface area contributed by atoms with E-state index in [9.17, 15) is 43.2 Å². The smallest absolute Gasteiger partial charge is 0.462 e. The van der Waals surface area contributed by atoms with E-state index in [1.165, 1.54) is 218 Å². The Hall–Kier alpha value is -1.94. The van der Waals surface area contributed by atoms with Crippen molar-refractivity contribution >= 4 is 39.5 Å². The molecule has 0 amide bonds. The molecule has 6 atom stereocenters. The lowest BCUT2D eigenvalue weighted by atomic mass is 9.99. The molecule has 0 aromatic heterocycles. The fraction of sp³-hybridized carbons (Fsp3) is 0.951. The van der Waals surface area contributed by atoms with Crippen molar-refractivity contribution in [1.29, 1.82) is 0 Å². The predicted molar refractivity (Wildman–Crippen MR) is 414 cm³/mol. The van der Waals surface area contributed by atoms with Crippen molar-refractivity contribution in [2.24, 2.45) is 23.7 Å². The molecule has 0 aliphatic carbocycles. The lowest BCUT2D eigenvalue weighted by molar-refractivity contribution is -0.161. The molecule has 0 bridgehead atoms. The van der Waals surface area contributed by atoms with E-state index < -0.39 is 97.5 Å². The van der Waals surface area contributed by atoms with Gasteiger partial charge in [-0.2, -0.15) is 0 Å². The Bertz CT molecular complexity index is 1970. The molecule has 600 valence electrons. The van der Waals surface area contributed by atoms with Crippen LogP contribution in [0.2, 0.25) is 0 Å². The monoisotopic (exact) mass is 1480 g/mol. The Morgan fingerprint density at radius 2 is 0.475 bits per heavy atom. The Balaban J connectivity index is 5.21. The van der Waals surface area contributed by atoms with Crippen molar-refractivity contribution in [1.82, 2.24) is 0 Å². The van der Waals surface area contributed by atoms with Crippen LogP contribution in [0, 0.1) is 23.7 Å². The summed E-state index contributed by atoms with van der Waals surface area (Å²) in [5, 5.41) is 10.6. The molecule has 0 spiro atoms. The van der Waals surface area contributed by atoms with Gasteiger partial charge in [0.2, 0.25) is 0 Å². The van der Waals surface area contributed by atoms with Crippen LogP contribution in [0.25, 0.3) is 0 Å². The number of aliphatic hydroxyl groups is 1. The lowest BCUT2D eigenvalue weighted by Gasteiger charge is -2.21. The van der Waals surface area contributed by atoms with Crippen LogP contribution < -0.4 is 0 Å². The Morgan fingerprint density at radius 1 is 0.277 bits per heavy atom. The van der Waals surface area contributed by atoms with E-state index in [1.807, 2.05) is 0 Å². The largest absolute Gasteiger partial charge is 0.472 e. The van der Waals surface area contributed by atoms with Gasteiger partial charge in [-0.05, 0) is 49.4 Å². The van der Waals surface area contributed by atoms with Crippen molar-refractivity contribution < 1.29 is 80.2 Å². The molecule has 101 heavy (non-hydrogen) atoms. The average Bonchev–Trinajstić information content (AvgIpc) is 0.917. The van der Waals surface area contributed by atoms with Gasteiger partial charge in [0.1, 0.15) is 19.3 Å². The Kier molecular flexibility index (Phi) is 69.6. The minimum Gasteiger partial charge on any atom is -0.462 e. The first-order valence-corrected chi connectivity index (χ1v) is 45.2. The summed E-state index contributed by atoms with van der Waals surface area (Å²) in [6.07, 6.45) is 58.3. The molecule has 3 N–H and O–H groups in total. The van der Waals surface area contributed by atoms with Crippen LogP contribution in [-0.2, 0) is 65.4 Å². The van der Waals surface area contributed by atoms with Gasteiger partial charge in [-0.1, -0.05) is 370 Å². The highest BCUT2D eigenvalue weighted by atomic mass is 31.2. The number of ether oxygens (including phenoxy) is 4. The van der Waals surface area contributed by atoms with Gasteiger partial charge >= 0.3 is 39.5 Å². The number of esters is 4. The van der Waals surface area contributed by atoms with E-state index in [1.54, 1.807) is 0 Å². The van der Waals surface area contributed by atoms with Crippen LogP contribution in [0.15, 0.2) is 0 Å². The lowest BCUT2D eigenvalue weighted by Crippen LogP contribution is -2.30. The van der Waals surface area contributed by atoms with Gasteiger partial charge < -0.3 is 33.8 Å². The first-order chi connectivity index (χ1) is 48.6. The Labute approximate surface area is 619 Å². The van der Waals surface area contributed by atoms with Crippen LogP contribution in [0.4, 0.5) is 0 Å². The molecular formula is C82H160O17P2. The molecule has 0 rings (SSSR count). The SMILES string of the molecule is CCC(C)CCCCCCCCCCCCC(=O)O[C@H](COC(=O)CCCCCCCCCCCCCCCC(C)C)COP(=O)(O)OCC(O)COP(=O)(O)OC[C@@H](COC(=O)CCCCCCCCCC(C)C)OC(=O)CCCCCCCCCCCCCCCCCCCCC(C)C. The quantitative estimate of drug-likeness (QED) is 0.0222. The number of rotatable bonds is 79. The van der Waals surface area contributed by atoms with Crippen LogP contribution >= 0.6 is 15.6 Å². The summed E-state index contributed by atoms with van der Waals surface area (Å²) in [5.74, 6) is 1.01. The van der Waals surface area contributed by atoms with Crippen LogP contribution in [0.3, 0.4) is 0 Å². The summed E-state index contributed by atoms with van der Waals surface area (Å²) in [6.45, 7) is 14.3. The maximum absolute atomic E-state index is 13.1. The second-order valence-corrected chi connectivity index (χ2v) is 34.1. The normalized spacial score (nSPS) is 14.3. The highest BCUT2D eigenvalue weighted by molar-refractivity contribution is 7.47. The second-order valence-electron chi connectivity index (χ2n) is 31.2. The van der Waals surface area contributed by atoms with Gasteiger partial charge in [0.05, 0.1) is 26.4 Å². The van der Waals surface area contributed by atoms with Crippen molar-refractivity contribution in [3.05, 3.63) is 0 Å². The molecule has 0 aliphatic rings. The summed E-state index contributed by atoms with van der Waals surface area (Å²) >= 11 is 0. The zero-order chi connectivity index (χ0) is 74.6. The zero-order valence-corrected chi connectivity index (χ0v) is 68.3. The van der Waals surface area contributed by atoms with Crippen molar-refractivity contribution in [3.8, 4) is 0 Å². The zero-order valence-electron chi connectivity index (χ0n) is 66.5. The van der Waals surface area contributed by atoms with Crippen molar-refractivity contribution in [3.63, 3.8) is 0 Å². The van der Waals surface area contributed by atoms with E-state index in [2.05, 4.69) is 55.4 Å². The number of phosphoric acid groups is 2. The molecule has 0 fully saturated rings. The topological polar surface area (TPSA) is 237 Å². The number of phosphoric ester groups is 2. The number of hydrogen-bond acceptors (Lipinski definition) is 15. The fourth-order valence-electron chi connectivity index (χ4n) is 12.6. The van der Waals surface area contributed by atoms with Gasteiger partial charge in [0, 0.05) is 25.7 Å². The standard InChI is InChI=1S/C82H160O17P2/c1-9-75(8)61-53-45-37-29-25-26-32-40-49-57-65-82(87)98-77(68-92-79(84)62-54-46-38-30-23-20-16-18-22-28-35-43-51-59-73(4)5)70-96-100(88,89)94-66-76(83)67-95-101(90,91)97-71-78(69-93-80(85)63-55-47-41-33-36-44-52-60-74(6)7)99-81(86)64-56-48-39-31-24-19-15-13-11-10-12-14-17-21-27-34-42-50-58-72(2)3/h72-78,83H,9-71H2,1-8H3,(H,88,89)(H,90,91)/t75?,76?,77-,78-/m1/s1. The molecule has 0 heterocycles. The molecule has 0 aromatic carbocycles. The number of hydrogen-bond donors (Lipinski definition) is 3. The van der Waals surface area contributed by atoms with Gasteiger partial charge in [0.15, 0.2) is 12.2 Å². The summed E-state index contributed by atoms with van der Waals surface area (Å²) in [4.78, 5) is 73.0. The predicted octanol–water partition coefficient (Wildman–Crippen LogP) is 24.4. The highest BCUT2D eigenvalue weighted by Gasteiger charge is 2.30. The number of unbranched alkanes of at least 4 members (excludes halogenated alkanes) is 44. The summed E-state index contributed by atoms with van der Waals surface area (Å²) in [6, 6.07) is 0. The number of carbonyl (C=O) groups excluding carboxylic acids is 4. The molecule has 17 nitrogen and oxygen atoms in total. The van der Waals surface area contributed by atoms with E-state index >= 15 is 0 Å². The number of carbonyl (C=O) groups is 4. The minimum absolute atomic E-state index is 0.106. The minimum atomic E-state index is -4.96. The van der Waals surface area contributed by atoms with Crippen molar-refractivity contribution in [2.75, 3.05) is 39.6 Å². The van der Waals surface area contributed by atoms with Gasteiger partial charge in [0.25, 0.3) is 0 Å². The highest BCUT2D eigenvalue weighted by Crippen LogP contribution is 2.45. The molecule has 4 unspecified atom stereocenters. The molecule has 19 heteroatoms. The van der Waals surface area contributed by atoms with Crippen molar-refractivity contribution in [2.45, 2.75) is 440 Å². The third-order valence-corrected chi connectivity index (χ3v) is 21.3.